The number of alkyl halides is 3. The molecule has 19 heavy (non-hydrogen) atoms. The molecule has 7 heteroatoms. The van der Waals surface area contributed by atoms with Crippen molar-refractivity contribution in [1.29, 1.82) is 0 Å². The maximum Gasteiger partial charge on any atom is 0.416 e. The molecule has 0 aromatic heterocycles. The molecular weight excluding hydrogens is 281 g/mol. The zero-order valence-electron chi connectivity index (χ0n) is 10.4. The van der Waals surface area contributed by atoms with E-state index in [1.807, 2.05) is 0 Å². The minimum absolute atomic E-state index is 0.0253. The lowest BCUT2D eigenvalue weighted by molar-refractivity contribution is -0.137. The molecular formula is C12H14ClF3N2O. The minimum atomic E-state index is -4.50. The number of nitrogens with one attached hydrogen (secondary N) is 1. The summed E-state index contributed by atoms with van der Waals surface area (Å²) in [6.45, 7) is 3.47. The molecule has 0 spiro atoms. The summed E-state index contributed by atoms with van der Waals surface area (Å²) in [5.74, 6) is -0.708. The zero-order chi connectivity index (χ0) is 14.8. The molecule has 0 bridgehead atoms. The van der Waals surface area contributed by atoms with Crippen molar-refractivity contribution >= 4 is 23.2 Å². The van der Waals surface area contributed by atoms with Crippen molar-refractivity contribution in [1.82, 2.24) is 0 Å². The fourth-order valence-corrected chi connectivity index (χ4v) is 1.48. The number of rotatable bonds is 3. The first-order chi connectivity index (χ1) is 8.62. The SMILES string of the molecule is CC(C)C(N)C(=O)Nc1cc(C(F)(F)F)ccc1Cl. The van der Waals surface area contributed by atoms with Crippen LogP contribution in [-0.4, -0.2) is 11.9 Å². The highest BCUT2D eigenvalue weighted by molar-refractivity contribution is 6.33. The highest BCUT2D eigenvalue weighted by atomic mass is 35.5. The summed E-state index contributed by atoms with van der Waals surface area (Å²) in [6, 6.07) is 1.90. The Labute approximate surface area is 113 Å². The summed E-state index contributed by atoms with van der Waals surface area (Å²) in [5, 5.41) is 2.33. The number of hydrogen-bond acceptors (Lipinski definition) is 2. The zero-order valence-corrected chi connectivity index (χ0v) is 11.1. The fraction of sp³-hybridized carbons (Fsp3) is 0.417. The van der Waals surface area contributed by atoms with Crippen LogP contribution in [0.15, 0.2) is 18.2 Å². The van der Waals surface area contributed by atoms with E-state index in [2.05, 4.69) is 5.32 Å². The van der Waals surface area contributed by atoms with E-state index in [4.69, 9.17) is 17.3 Å². The molecule has 3 nitrogen and oxygen atoms in total. The molecule has 0 heterocycles. The monoisotopic (exact) mass is 294 g/mol. The van der Waals surface area contributed by atoms with Gasteiger partial charge in [-0.25, -0.2) is 0 Å². The molecule has 106 valence electrons. The first kappa shape index (κ1) is 15.8. The average molecular weight is 295 g/mol. The van der Waals surface area contributed by atoms with Crippen molar-refractivity contribution in [2.24, 2.45) is 11.7 Å². The third kappa shape index (κ3) is 4.11. The second-order valence-electron chi connectivity index (χ2n) is 4.45. The average Bonchev–Trinajstić information content (AvgIpc) is 2.29. The second kappa shape index (κ2) is 5.79. The van der Waals surface area contributed by atoms with E-state index in [-0.39, 0.29) is 16.6 Å². The molecule has 1 aromatic rings. The third-order valence-electron chi connectivity index (χ3n) is 2.57. The van der Waals surface area contributed by atoms with Gasteiger partial charge < -0.3 is 11.1 Å². The summed E-state index contributed by atoms with van der Waals surface area (Å²) < 4.78 is 37.6. The molecule has 1 atom stereocenters. The van der Waals surface area contributed by atoms with Crippen LogP contribution in [0.4, 0.5) is 18.9 Å². The van der Waals surface area contributed by atoms with E-state index in [0.29, 0.717) is 0 Å². The molecule has 1 rings (SSSR count). The van der Waals surface area contributed by atoms with Gasteiger partial charge in [0, 0.05) is 0 Å². The van der Waals surface area contributed by atoms with Gasteiger partial charge in [0.2, 0.25) is 5.91 Å². The summed E-state index contributed by atoms with van der Waals surface area (Å²) in [6.07, 6.45) is -4.50. The van der Waals surface area contributed by atoms with Crippen LogP contribution in [0.25, 0.3) is 0 Å². The molecule has 0 aliphatic carbocycles. The first-order valence-corrected chi connectivity index (χ1v) is 5.94. The van der Waals surface area contributed by atoms with Gasteiger partial charge in [0.1, 0.15) is 0 Å². The highest BCUT2D eigenvalue weighted by Gasteiger charge is 2.31. The molecule has 0 radical (unpaired) electrons. The molecule has 0 aliphatic rings. The van der Waals surface area contributed by atoms with Crippen LogP contribution in [0.3, 0.4) is 0 Å². The molecule has 0 aliphatic heterocycles. The minimum Gasteiger partial charge on any atom is -0.323 e. The van der Waals surface area contributed by atoms with Crippen LogP contribution >= 0.6 is 11.6 Å². The summed E-state index contributed by atoms with van der Waals surface area (Å²) in [5.41, 5.74) is 4.62. The number of amides is 1. The molecule has 3 N–H and O–H groups in total. The third-order valence-corrected chi connectivity index (χ3v) is 2.90. The Morgan fingerprint density at radius 1 is 1.37 bits per heavy atom. The Morgan fingerprint density at radius 3 is 2.42 bits per heavy atom. The Bertz CT molecular complexity index is 475. The largest absolute Gasteiger partial charge is 0.416 e. The van der Waals surface area contributed by atoms with Crippen molar-refractivity contribution in [2.75, 3.05) is 5.32 Å². The van der Waals surface area contributed by atoms with E-state index in [9.17, 15) is 18.0 Å². The number of nitrogens with two attached hydrogens (primary N) is 1. The lowest BCUT2D eigenvalue weighted by Gasteiger charge is -2.17. The van der Waals surface area contributed by atoms with Gasteiger partial charge in [-0.2, -0.15) is 13.2 Å². The van der Waals surface area contributed by atoms with Crippen LogP contribution in [0.1, 0.15) is 19.4 Å². The van der Waals surface area contributed by atoms with Gasteiger partial charge in [0.05, 0.1) is 22.3 Å². The van der Waals surface area contributed by atoms with Gasteiger partial charge in [0.15, 0.2) is 0 Å². The standard InChI is InChI=1S/C12H14ClF3N2O/c1-6(2)10(17)11(19)18-9-5-7(12(14,15)16)3-4-8(9)13/h3-6,10H,17H2,1-2H3,(H,18,19). The maximum atomic E-state index is 12.5. The van der Waals surface area contributed by atoms with E-state index in [1.165, 1.54) is 0 Å². The van der Waals surface area contributed by atoms with Crippen LogP contribution in [0, 0.1) is 5.92 Å². The molecule has 0 saturated carbocycles. The topological polar surface area (TPSA) is 55.1 Å². The lowest BCUT2D eigenvalue weighted by Crippen LogP contribution is -2.39. The number of hydrogen-bond donors (Lipinski definition) is 2. The van der Waals surface area contributed by atoms with Gasteiger partial charge in [-0.15, -0.1) is 0 Å². The van der Waals surface area contributed by atoms with E-state index in [1.54, 1.807) is 13.8 Å². The fourth-order valence-electron chi connectivity index (χ4n) is 1.32. The smallest absolute Gasteiger partial charge is 0.323 e. The molecule has 0 fully saturated rings. The number of benzene rings is 1. The van der Waals surface area contributed by atoms with Gasteiger partial charge >= 0.3 is 6.18 Å². The van der Waals surface area contributed by atoms with Crippen molar-refractivity contribution in [3.63, 3.8) is 0 Å². The second-order valence-corrected chi connectivity index (χ2v) is 4.86. The Kier molecular flexibility index (Phi) is 4.81. The quantitative estimate of drug-likeness (QED) is 0.899. The predicted octanol–water partition coefficient (Wildman–Crippen LogP) is 3.28. The van der Waals surface area contributed by atoms with Gasteiger partial charge in [-0.05, 0) is 24.1 Å². The van der Waals surface area contributed by atoms with Crippen molar-refractivity contribution in [3.05, 3.63) is 28.8 Å². The lowest BCUT2D eigenvalue weighted by atomic mass is 10.0. The van der Waals surface area contributed by atoms with Crippen LogP contribution in [0.5, 0.6) is 0 Å². The van der Waals surface area contributed by atoms with E-state index >= 15 is 0 Å². The van der Waals surface area contributed by atoms with Crippen LogP contribution in [-0.2, 0) is 11.0 Å². The van der Waals surface area contributed by atoms with Crippen molar-refractivity contribution in [2.45, 2.75) is 26.1 Å². The summed E-state index contributed by atoms with van der Waals surface area (Å²) >= 11 is 5.75. The molecule has 1 amide bonds. The normalized spacial score (nSPS) is 13.5. The predicted molar refractivity (Wildman–Crippen MR) is 67.9 cm³/mol. The van der Waals surface area contributed by atoms with Gasteiger partial charge in [-0.3, -0.25) is 4.79 Å². The summed E-state index contributed by atoms with van der Waals surface area (Å²) in [4.78, 5) is 11.7. The first-order valence-electron chi connectivity index (χ1n) is 5.56. The van der Waals surface area contributed by atoms with Crippen LogP contribution in [0.2, 0.25) is 5.02 Å². The highest BCUT2D eigenvalue weighted by Crippen LogP contribution is 2.33. The molecule has 1 aromatic carbocycles. The maximum absolute atomic E-state index is 12.5. The molecule has 0 saturated heterocycles. The number of anilines is 1. The number of carbonyl (C=O) groups excluding carboxylic acids is 1. The Hall–Kier alpha value is -1.27. The molecule has 1 unspecified atom stereocenters. The van der Waals surface area contributed by atoms with Crippen molar-refractivity contribution < 1.29 is 18.0 Å². The van der Waals surface area contributed by atoms with Gasteiger partial charge in [-0.1, -0.05) is 25.4 Å². The summed E-state index contributed by atoms with van der Waals surface area (Å²) in [7, 11) is 0. The Morgan fingerprint density at radius 2 is 1.95 bits per heavy atom. The van der Waals surface area contributed by atoms with E-state index < -0.39 is 23.7 Å². The van der Waals surface area contributed by atoms with Crippen LogP contribution < -0.4 is 11.1 Å². The van der Waals surface area contributed by atoms with Gasteiger partial charge in [0.25, 0.3) is 0 Å². The number of carbonyl (C=O) groups is 1. The van der Waals surface area contributed by atoms with Crippen molar-refractivity contribution in [3.8, 4) is 0 Å². The Balaban J connectivity index is 2.98. The van der Waals surface area contributed by atoms with E-state index in [0.717, 1.165) is 18.2 Å². The number of halogens is 4.